The van der Waals surface area contributed by atoms with Crippen LogP contribution in [0.1, 0.15) is 24.5 Å². The number of aromatic nitrogens is 3. The van der Waals surface area contributed by atoms with Crippen LogP contribution in [-0.2, 0) is 9.84 Å². The molecule has 0 bridgehead atoms. The molecule has 144 valence electrons. The lowest BCUT2D eigenvalue weighted by Crippen LogP contribution is -2.28. The molecule has 0 atom stereocenters. The van der Waals surface area contributed by atoms with Gasteiger partial charge in [-0.2, -0.15) is 5.10 Å². The Morgan fingerprint density at radius 1 is 1.15 bits per heavy atom. The van der Waals surface area contributed by atoms with E-state index in [4.69, 9.17) is 0 Å². The van der Waals surface area contributed by atoms with Gasteiger partial charge in [0.15, 0.2) is 9.84 Å². The van der Waals surface area contributed by atoms with E-state index in [1.54, 1.807) is 41.0 Å². The number of halogens is 1. The number of piperidine rings is 1. The molecule has 27 heavy (non-hydrogen) atoms. The zero-order valence-electron chi connectivity index (χ0n) is 14.8. The third-order valence-electron chi connectivity index (χ3n) is 4.89. The smallest absolute Gasteiger partial charge is 0.251 e. The van der Waals surface area contributed by atoms with Gasteiger partial charge < -0.3 is 10.3 Å². The minimum Gasteiger partial charge on any atom is -0.317 e. The molecule has 0 spiro atoms. The molecular formula is C18H21ClN4O3S. The Labute approximate surface area is 163 Å². The molecule has 9 heteroatoms. The molecule has 2 aromatic heterocycles. The third kappa shape index (κ3) is 3.78. The molecule has 3 aromatic rings. The maximum absolute atomic E-state index is 12.2. The highest BCUT2D eigenvalue weighted by Gasteiger charge is 2.21. The minimum absolute atomic E-state index is 0. The summed E-state index contributed by atoms with van der Waals surface area (Å²) in [5.41, 5.74) is 2.99. The summed E-state index contributed by atoms with van der Waals surface area (Å²) >= 11 is 0. The normalized spacial score (nSPS) is 15.6. The van der Waals surface area contributed by atoms with Crippen molar-refractivity contribution in [2.24, 2.45) is 0 Å². The predicted molar refractivity (Wildman–Crippen MR) is 106 cm³/mol. The average molecular weight is 409 g/mol. The highest BCUT2D eigenvalue weighted by molar-refractivity contribution is 7.90. The Hall–Kier alpha value is -2.16. The molecule has 0 amide bonds. The van der Waals surface area contributed by atoms with Crippen LogP contribution in [0.3, 0.4) is 0 Å². The van der Waals surface area contributed by atoms with Crippen LogP contribution in [0.2, 0.25) is 0 Å². The molecule has 7 nitrogen and oxygen atoms in total. The second-order valence-corrected chi connectivity index (χ2v) is 8.71. The Bertz CT molecular complexity index is 1110. The van der Waals surface area contributed by atoms with E-state index in [9.17, 15) is 13.2 Å². The Kier molecular flexibility index (Phi) is 5.41. The van der Waals surface area contributed by atoms with Crippen molar-refractivity contribution < 1.29 is 8.42 Å². The van der Waals surface area contributed by atoms with Gasteiger partial charge >= 0.3 is 0 Å². The van der Waals surface area contributed by atoms with E-state index in [1.807, 2.05) is 0 Å². The van der Waals surface area contributed by atoms with Crippen molar-refractivity contribution in [1.82, 2.24) is 19.9 Å². The van der Waals surface area contributed by atoms with E-state index in [2.05, 4.69) is 15.4 Å². The molecule has 3 heterocycles. The first-order chi connectivity index (χ1) is 12.4. The zero-order chi connectivity index (χ0) is 18.3. The summed E-state index contributed by atoms with van der Waals surface area (Å²) in [5, 5.41) is 7.82. The highest BCUT2D eigenvalue weighted by atomic mass is 35.5. The molecular weight excluding hydrogens is 388 g/mol. The number of hydrogen-bond acceptors (Lipinski definition) is 5. The number of hydrogen-bond donors (Lipinski definition) is 2. The van der Waals surface area contributed by atoms with Gasteiger partial charge in [-0.25, -0.2) is 12.9 Å². The second kappa shape index (κ2) is 7.46. The van der Waals surface area contributed by atoms with Crippen molar-refractivity contribution in [2.45, 2.75) is 23.7 Å². The van der Waals surface area contributed by atoms with Gasteiger partial charge in [-0.3, -0.25) is 4.79 Å². The van der Waals surface area contributed by atoms with Crippen LogP contribution in [0.15, 0.2) is 46.2 Å². The lowest BCUT2D eigenvalue weighted by Gasteiger charge is -2.23. The van der Waals surface area contributed by atoms with Crippen molar-refractivity contribution in [3.05, 3.63) is 52.6 Å². The van der Waals surface area contributed by atoms with Crippen LogP contribution in [0.5, 0.6) is 0 Å². The molecule has 0 unspecified atom stereocenters. The van der Waals surface area contributed by atoms with Gasteiger partial charge in [-0.15, -0.1) is 12.4 Å². The fourth-order valence-electron chi connectivity index (χ4n) is 3.51. The van der Waals surface area contributed by atoms with E-state index in [0.29, 0.717) is 11.6 Å². The first-order valence-corrected chi connectivity index (χ1v) is 10.4. The van der Waals surface area contributed by atoms with Crippen LogP contribution < -0.4 is 10.9 Å². The summed E-state index contributed by atoms with van der Waals surface area (Å²) in [6, 6.07) is 8.25. The van der Waals surface area contributed by atoms with E-state index >= 15 is 0 Å². The molecule has 1 aliphatic rings. The number of H-pyrrole nitrogens is 1. The van der Waals surface area contributed by atoms with Gasteiger partial charge in [0.25, 0.3) is 5.56 Å². The van der Waals surface area contributed by atoms with Crippen LogP contribution >= 0.6 is 12.4 Å². The molecule has 0 saturated carbocycles. The largest absolute Gasteiger partial charge is 0.317 e. The maximum atomic E-state index is 12.2. The van der Waals surface area contributed by atoms with Gasteiger partial charge in [0.2, 0.25) is 0 Å². The van der Waals surface area contributed by atoms with Crippen molar-refractivity contribution in [3.8, 4) is 11.1 Å². The maximum Gasteiger partial charge on any atom is 0.251 e. The van der Waals surface area contributed by atoms with E-state index < -0.39 is 9.84 Å². The summed E-state index contributed by atoms with van der Waals surface area (Å²) in [6.45, 7) is 1.86. The zero-order valence-corrected chi connectivity index (χ0v) is 16.4. The molecule has 0 radical (unpaired) electrons. The average Bonchev–Trinajstić information content (AvgIpc) is 3.05. The lowest BCUT2D eigenvalue weighted by molar-refractivity contribution is 0.446. The van der Waals surface area contributed by atoms with Gasteiger partial charge in [0.05, 0.1) is 16.8 Å². The fraction of sp³-hybridized carbons (Fsp3) is 0.333. The van der Waals surface area contributed by atoms with E-state index in [0.717, 1.165) is 42.8 Å². The third-order valence-corrected chi connectivity index (χ3v) is 6.01. The van der Waals surface area contributed by atoms with E-state index in [1.165, 1.54) is 6.26 Å². The Balaban J connectivity index is 0.00000210. The van der Waals surface area contributed by atoms with Gasteiger partial charge in [-0.05, 0) is 43.6 Å². The number of aromatic amines is 1. The molecule has 1 saturated heterocycles. The molecule has 1 aliphatic heterocycles. The number of rotatable bonds is 3. The Morgan fingerprint density at radius 2 is 1.81 bits per heavy atom. The van der Waals surface area contributed by atoms with Gasteiger partial charge in [-0.1, -0.05) is 12.1 Å². The van der Waals surface area contributed by atoms with Crippen LogP contribution in [-0.4, -0.2) is 42.4 Å². The number of sulfone groups is 1. The first kappa shape index (κ1) is 19.6. The van der Waals surface area contributed by atoms with Crippen molar-refractivity contribution in [1.29, 1.82) is 0 Å². The number of nitrogens with zero attached hydrogens (tertiary/aromatic N) is 2. The number of nitrogens with one attached hydrogen (secondary N) is 2. The second-order valence-electron chi connectivity index (χ2n) is 6.70. The summed E-state index contributed by atoms with van der Waals surface area (Å²) < 4.78 is 25.1. The first-order valence-electron chi connectivity index (χ1n) is 8.55. The molecule has 1 aromatic carbocycles. The molecule has 4 rings (SSSR count). The molecule has 1 fully saturated rings. The quantitative estimate of drug-likeness (QED) is 0.690. The minimum atomic E-state index is -3.24. The highest BCUT2D eigenvalue weighted by Crippen LogP contribution is 2.28. The van der Waals surface area contributed by atoms with Gasteiger partial charge in [0.1, 0.15) is 5.65 Å². The SMILES string of the molecule is CS(=O)(=O)c1ccc(-c2cnn3c(C4CCNCC4)cc(=O)[nH]c23)cc1.Cl. The monoisotopic (exact) mass is 408 g/mol. The Morgan fingerprint density at radius 3 is 2.44 bits per heavy atom. The van der Waals surface area contributed by atoms with E-state index in [-0.39, 0.29) is 22.9 Å². The van der Waals surface area contributed by atoms with Crippen LogP contribution in [0.4, 0.5) is 0 Å². The summed E-state index contributed by atoms with van der Waals surface area (Å²) in [5.74, 6) is 0.293. The molecule has 0 aliphatic carbocycles. The number of benzene rings is 1. The predicted octanol–water partition coefficient (Wildman–Crippen LogP) is 1.98. The fourth-order valence-corrected chi connectivity index (χ4v) is 4.14. The standard InChI is InChI=1S/C18H20N4O3S.ClH/c1-26(24,25)14-4-2-12(3-5-14)15-11-20-22-16(10-17(23)21-18(15)22)13-6-8-19-9-7-13;/h2-5,10-11,13,19H,6-9H2,1H3,(H,21,23);1H. The summed E-state index contributed by atoms with van der Waals surface area (Å²) in [6.07, 6.45) is 4.83. The lowest BCUT2D eigenvalue weighted by atomic mass is 9.94. The molecule has 2 N–H and O–H groups in total. The van der Waals surface area contributed by atoms with Crippen molar-refractivity contribution >= 4 is 27.9 Å². The van der Waals surface area contributed by atoms with Crippen molar-refractivity contribution in [3.63, 3.8) is 0 Å². The van der Waals surface area contributed by atoms with Crippen LogP contribution in [0, 0.1) is 0 Å². The van der Waals surface area contributed by atoms with Crippen LogP contribution in [0.25, 0.3) is 16.8 Å². The summed E-state index contributed by atoms with van der Waals surface area (Å²) in [4.78, 5) is 15.4. The topological polar surface area (TPSA) is 96.3 Å². The van der Waals surface area contributed by atoms with Gasteiger partial charge in [0, 0.05) is 23.8 Å². The van der Waals surface area contributed by atoms with Crippen molar-refractivity contribution in [2.75, 3.05) is 19.3 Å². The number of fused-ring (bicyclic) bond motifs is 1. The summed E-state index contributed by atoms with van der Waals surface area (Å²) in [7, 11) is -3.24.